The summed E-state index contributed by atoms with van der Waals surface area (Å²) in [6.07, 6.45) is 3.25. The number of amides is 1. The molecule has 0 spiro atoms. The minimum atomic E-state index is -1.01. The van der Waals surface area contributed by atoms with Gasteiger partial charge in [0, 0.05) is 19.0 Å². The van der Waals surface area contributed by atoms with Gasteiger partial charge in [-0.3, -0.25) is 14.6 Å². The van der Waals surface area contributed by atoms with Crippen LogP contribution in [0.3, 0.4) is 0 Å². The predicted molar refractivity (Wildman–Crippen MR) is 114 cm³/mol. The predicted octanol–water partition coefficient (Wildman–Crippen LogP) is 3.14. The van der Waals surface area contributed by atoms with Crippen molar-refractivity contribution in [1.29, 1.82) is 5.26 Å². The van der Waals surface area contributed by atoms with Gasteiger partial charge in [-0.2, -0.15) is 10.2 Å². The smallest absolute Gasteiger partial charge is 0.258 e. The van der Waals surface area contributed by atoms with Gasteiger partial charge in [0.15, 0.2) is 0 Å². The molecular formula is C23H21N5O2. The Balaban J connectivity index is 1.71. The number of hydrogen-bond donors (Lipinski definition) is 2. The summed E-state index contributed by atoms with van der Waals surface area (Å²) in [4.78, 5) is 35.6. The summed E-state index contributed by atoms with van der Waals surface area (Å²) in [6.45, 7) is 1.65. The highest BCUT2D eigenvalue weighted by atomic mass is 16.2. The molecular weight excluding hydrogens is 378 g/mol. The van der Waals surface area contributed by atoms with Gasteiger partial charge in [0.2, 0.25) is 11.9 Å². The van der Waals surface area contributed by atoms with Gasteiger partial charge in [-0.05, 0) is 35.6 Å². The van der Waals surface area contributed by atoms with Crippen LogP contribution in [-0.4, -0.2) is 29.0 Å². The topological polar surface area (TPSA) is 102 Å². The highest BCUT2D eigenvalue weighted by molar-refractivity contribution is 5.99. The molecule has 3 aromatic rings. The number of nitrogens with zero attached hydrogens (tertiary/aromatic N) is 3. The maximum atomic E-state index is 13.2. The molecule has 1 saturated heterocycles. The van der Waals surface area contributed by atoms with E-state index in [9.17, 15) is 14.9 Å². The number of H-pyrrole nitrogens is 1. The van der Waals surface area contributed by atoms with E-state index in [0.29, 0.717) is 11.5 Å². The Morgan fingerprint density at radius 2 is 1.80 bits per heavy atom. The molecule has 7 nitrogen and oxygen atoms in total. The number of carbonyl (C=O) groups is 1. The number of hydrogen-bond acceptors (Lipinski definition) is 5. The van der Waals surface area contributed by atoms with Crippen LogP contribution >= 0.6 is 0 Å². The number of aromatic nitrogens is 2. The van der Waals surface area contributed by atoms with Crippen LogP contribution < -0.4 is 15.8 Å². The minimum Gasteiger partial charge on any atom is -0.342 e. The summed E-state index contributed by atoms with van der Waals surface area (Å²) in [7, 11) is 0. The molecule has 0 unspecified atom stereocenters. The van der Waals surface area contributed by atoms with Gasteiger partial charge in [0.25, 0.3) is 5.56 Å². The Morgan fingerprint density at radius 3 is 2.60 bits per heavy atom. The molecule has 1 aromatic heterocycles. The van der Waals surface area contributed by atoms with Gasteiger partial charge in [-0.15, -0.1) is 0 Å². The van der Waals surface area contributed by atoms with E-state index in [1.165, 1.54) is 0 Å². The van der Waals surface area contributed by atoms with Crippen LogP contribution in [0.4, 0.5) is 11.8 Å². The molecule has 1 fully saturated rings. The van der Waals surface area contributed by atoms with E-state index in [0.717, 1.165) is 48.7 Å². The first-order chi connectivity index (χ1) is 14.7. The van der Waals surface area contributed by atoms with Crippen molar-refractivity contribution in [3.05, 3.63) is 63.9 Å². The van der Waals surface area contributed by atoms with Crippen LogP contribution in [-0.2, 0) is 4.79 Å². The molecule has 7 heteroatoms. The zero-order valence-corrected chi connectivity index (χ0v) is 16.4. The van der Waals surface area contributed by atoms with Gasteiger partial charge in [0.05, 0.1) is 11.6 Å². The molecule has 2 aliphatic rings. The van der Waals surface area contributed by atoms with Crippen LogP contribution in [0.15, 0.2) is 47.3 Å². The first-order valence-electron chi connectivity index (χ1n) is 10.2. The van der Waals surface area contributed by atoms with Gasteiger partial charge in [-0.25, -0.2) is 0 Å². The largest absolute Gasteiger partial charge is 0.342 e. The number of rotatable bonds is 2. The van der Waals surface area contributed by atoms with E-state index in [1.807, 2.05) is 47.4 Å². The second kappa shape index (κ2) is 7.30. The van der Waals surface area contributed by atoms with Crippen LogP contribution in [0.2, 0.25) is 0 Å². The average molecular weight is 399 g/mol. The maximum Gasteiger partial charge on any atom is 0.258 e. The molecule has 0 bridgehead atoms. The molecule has 0 radical (unpaired) electrons. The molecule has 0 aliphatic carbocycles. The van der Waals surface area contributed by atoms with Gasteiger partial charge in [0.1, 0.15) is 11.7 Å². The van der Waals surface area contributed by atoms with Crippen molar-refractivity contribution in [1.82, 2.24) is 9.97 Å². The number of piperidine rings is 1. The lowest BCUT2D eigenvalue weighted by Crippen LogP contribution is -2.40. The maximum absolute atomic E-state index is 13.2. The van der Waals surface area contributed by atoms with Crippen molar-refractivity contribution in [3.8, 4) is 6.07 Å². The van der Waals surface area contributed by atoms with E-state index in [1.54, 1.807) is 0 Å². The summed E-state index contributed by atoms with van der Waals surface area (Å²) in [5.41, 5.74) is 0.825. The lowest BCUT2D eigenvalue weighted by Gasteiger charge is -2.31. The number of aromatic amines is 1. The molecule has 2 aromatic carbocycles. The number of fused-ring (bicyclic) bond motifs is 2. The van der Waals surface area contributed by atoms with Gasteiger partial charge in [-0.1, -0.05) is 42.5 Å². The molecule has 0 saturated carbocycles. The summed E-state index contributed by atoms with van der Waals surface area (Å²) in [6, 6.07) is 15.7. The van der Waals surface area contributed by atoms with Crippen LogP contribution in [0.1, 0.15) is 36.3 Å². The molecule has 5 rings (SSSR count). The van der Waals surface area contributed by atoms with E-state index in [-0.39, 0.29) is 11.4 Å². The molecule has 150 valence electrons. The Kier molecular flexibility index (Phi) is 4.47. The summed E-state index contributed by atoms with van der Waals surface area (Å²) >= 11 is 0. The van der Waals surface area contributed by atoms with Crippen LogP contribution in [0, 0.1) is 17.2 Å². The highest BCUT2D eigenvalue weighted by Crippen LogP contribution is 2.40. The summed E-state index contributed by atoms with van der Waals surface area (Å²) in [5, 5.41) is 14.4. The third kappa shape index (κ3) is 2.92. The van der Waals surface area contributed by atoms with Crippen LogP contribution in [0.5, 0.6) is 0 Å². The number of benzene rings is 2. The van der Waals surface area contributed by atoms with Crippen molar-refractivity contribution in [2.75, 3.05) is 23.3 Å². The standard InChI is InChI=1S/C23H21N5O2/c24-13-17-18(16-10-6-8-14-7-2-3-9-15(14)16)19-20(25-21(17)29)26-23(27-22(19)30)28-11-4-1-5-12-28/h2-3,6-10,17-18H,1,4-5,11-12H2,(H2,25,26,27,29,30)/t17-,18+/m0/s1. The summed E-state index contributed by atoms with van der Waals surface area (Å²) in [5.74, 6) is -1.38. The third-order valence-corrected chi connectivity index (χ3v) is 6.06. The Hall–Kier alpha value is -3.66. The molecule has 30 heavy (non-hydrogen) atoms. The minimum absolute atomic E-state index is 0.258. The monoisotopic (exact) mass is 399 g/mol. The second-order valence-corrected chi connectivity index (χ2v) is 7.84. The average Bonchev–Trinajstić information content (AvgIpc) is 2.78. The molecule has 1 amide bonds. The summed E-state index contributed by atoms with van der Waals surface area (Å²) < 4.78 is 0. The molecule has 2 aliphatic heterocycles. The molecule has 3 heterocycles. The normalized spacial score (nSPS) is 21.0. The lowest BCUT2D eigenvalue weighted by atomic mass is 9.77. The Bertz CT molecular complexity index is 1230. The van der Waals surface area contributed by atoms with E-state index < -0.39 is 17.7 Å². The highest BCUT2D eigenvalue weighted by Gasteiger charge is 2.41. The van der Waals surface area contributed by atoms with E-state index in [4.69, 9.17) is 0 Å². The van der Waals surface area contributed by atoms with E-state index in [2.05, 4.69) is 21.4 Å². The molecule has 2 atom stereocenters. The van der Waals surface area contributed by atoms with Crippen molar-refractivity contribution in [2.24, 2.45) is 5.92 Å². The number of carbonyl (C=O) groups excluding carboxylic acids is 1. The Morgan fingerprint density at radius 1 is 1.03 bits per heavy atom. The zero-order valence-electron chi connectivity index (χ0n) is 16.4. The SMILES string of the molecule is N#C[C@@H]1C(=O)Nc2nc(N3CCCCC3)[nH]c(=O)c2[C@@H]1c1cccc2ccccc12. The quantitative estimate of drug-likeness (QED) is 0.689. The second-order valence-electron chi connectivity index (χ2n) is 7.84. The van der Waals surface area contributed by atoms with Crippen molar-refractivity contribution < 1.29 is 4.79 Å². The first-order valence-corrected chi connectivity index (χ1v) is 10.2. The van der Waals surface area contributed by atoms with Crippen molar-refractivity contribution in [3.63, 3.8) is 0 Å². The molecule has 2 N–H and O–H groups in total. The fourth-order valence-corrected chi connectivity index (χ4v) is 4.61. The fraction of sp³-hybridized carbons (Fsp3) is 0.304. The van der Waals surface area contributed by atoms with Crippen LogP contribution in [0.25, 0.3) is 10.8 Å². The van der Waals surface area contributed by atoms with Gasteiger partial charge < -0.3 is 10.2 Å². The number of anilines is 2. The third-order valence-electron chi connectivity index (χ3n) is 6.06. The van der Waals surface area contributed by atoms with Gasteiger partial charge >= 0.3 is 0 Å². The number of nitrogens with one attached hydrogen (secondary N) is 2. The Labute approximate surface area is 173 Å². The lowest BCUT2D eigenvalue weighted by molar-refractivity contribution is -0.119. The van der Waals surface area contributed by atoms with Crippen molar-refractivity contribution >= 4 is 28.4 Å². The first kappa shape index (κ1) is 18.4. The van der Waals surface area contributed by atoms with Crippen molar-refractivity contribution in [2.45, 2.75) is 25.2 Å². The zero-order chi connectivity index (χ0) is 20.7. The number of nitriles is 1. The van der Waals surface area contributed by atoms with E-state index >= 15 is 0 Å². The fourth-order valence-electron chi connectivity index (χ4n) is 4.61.